The van der Waals surface area contributed by atoms with Crippen LogP contribution in [0.3, 0.4) is 0 Å². The Kier molecular flexibility index (Phi) is 6.79. The summed E-state index contributed by atoms with van der Waals surface area (Å²) in [4.78, 5) is 18.1. The van der Waals surface area contributed by atoms with Gasteiger partial charge in [-0.05, 0) is 29.8 Å². The fourth-order valence-electron chi connectivity index (χ4n) is 2.91. The van der Waals surface area contributed by atoms with Gasteiger partial charge in [0, 0.05) is 23.4 Å². The zero-order valence-corrected chi connectivity index (χ0v) is 16.7. The molecule has 0 aliphatic rings. The second kappa shape index (κ2) is 9.48. The highest BCUT2D eigenvalue weighted by atomic mass is 35.5. The molecule has 7 heteroatoms. The van der Waals surface area contributed by atoms with E-state index in [1.54, 1.807) is 12.1 Å². The Morgan fingerprint density at radius 3 is 2.54 bits per heavy atom. The summed E-state index contributed by atoms with van der Waals surface area (Å²) in [6.45, 7) is 0.803. The van der Waals surface area contributed by atoms with Gasteiger partial charge in [0.2, 0.25) is 17.6 Å². The number of hydrogen-bond acceptors (Lipinski definition) is 4. The lowest BCUT2D eigenvalue weighted by atomic mass is 10.1. The van der Waals surface area contributed by atoms with Crippen LogP contribution in [0.4, 0.5) is 0 Å². The van der Waals surface area contributed by atoms with Crippen molar-refractivity contribution in [1.29, 1.82) is 0 Å². The van der Waals surface area contributed by atoms with E-state index in [9.17, 15) is 4.79 Å². The Labute approximate surface area is 169 Å². The molecule has 1 atom stereocenters. The lowest BCUT2D eigenvalue weighted by Gasteiger charge is -2.20. The standard InChI is InChI=1S/C21H23ClN4O2/c1-26(2)14-18(15-6-4-3-5-7-15)23-19(27)12-13-20-24-21(25-28-20)16-8-10-17(22)11-9-16/h3-11,18H,12-14H2,1-2H3,(H,23,27)/p+1/t18-/m0/s1. The maximum atomic E-state index is 12.5. The topological polar surface area (TPSA) is 72.5 Å². The quantitative estimate of drug-likeness (QED) is 0.609. The molecule has 0 fully saturated rings. The van der Waals surface area contributed by atoms with Gasteiger partial charge in [-0.1, -0.05) is 47.1 Å². The second-order valence-electron chi connectivity index (χ2n) is 6.96. The van der Waals surface area contributed by atoms with Crippen molar-refractivity contribution in [1.82, 2.24) is 15.5 Å². The highest BCUT2D eigenvalue weighted by Crippen LogP contribution is 2.19. The maximum absolute atomic E-state index is 12.5. The molecule has 3 rings (SSSR count). The number of halogens is 1. The summed E-state index contributed by atoms with van der Waals surface area (Å²) >= 11 is 5.90. The first kappa shape index (κ1) is 20.0. The first-order valence-corrected chi connectivity index (χ1v) is 9.61. The number of quaternary nitrogens is 1. The molecule has 1 aromatic heterocycles. The van der Waals surface area contributed by atoms with Gasteiger partial charge in [0.1, 0.15) is 12.6 Å². The van der Waals surface area contributed by atoms with Crippen molar-refractivity contribution in [3.8, 4) is 11.4 Å². The van der Waals surface area contributed by atoms with Gasteiger partial charge in [-0.2, -0.15) is 4.98 Å². The molecule has 0 radical (unpaired) electrons. The zero-order valence-electron chi connectivity index (χ0n) is 16.0. The number of rotatable bonds is 8. The minimum absolute atomic E-state index is 0.0361. The van der Waals surface area contributed by atoms with Crippen LogP contribution in [0.15, 0.2) is 59.1 Å². The van der Waals surface area contributed by atoms with Crippen molar-refractivity contribution in [2.75, 3.05) is 20.6 Å². The van der Waals surface area contributed by atoms with Crippen molar-refractivity contribution in [3.63, 3.8) is 0 Å². The zero-order chi connectivity index (χ0) is 19.9. The van der Waals surface area contributed by atoms with Gasteiger partial charge in [-0.25, -0.2) is 0 Å². The van der Waals surface area contributed by atoms with Crippen LogP contribution in [0.25, 0.3) is 11.4 Å². The molecule has 2 N–H and O–H groups in total. The minimum atomic E-state index is -0.0404. The first-order chi connectivity index (χ1) is 13.5. The Hall–Kier alpha value is -2.70. The van der Waals surface area contributed by atoms with Gasteiger partial charge >= 0.3 is 0 Å². The van der Waals surface area contributed by atoms with Crippen molar-refractivity contribution in [2.24, 2.45) is 0 Å². The van der Waals surface area contributed by atoms with Gasteiger partial charge in [-0.3, -0.25) is 4.79 Å². The summed E-state index contributed by atoms with van der Waals surface area (Å²) in [7, 11) is 4.14. The van der Waals surface area contributed by atoms with Gasteiger partial charge in [0.25, 0.3) is 0 Å². The van der Waals surface area contributed by atoms with Crippen LogP contribution in [0.1, 0.15) is 23.9 Å². The van der Waals surface area contributed by atoms with Gasteiger partial charge in [0.15, 0.2) is 0 Å². The predicted octanol–water partition coefficient (Wildman–Crippen LogP) is 2.32. The lowest BCUT2D eigenvalue weighted by molar-refractivity contribution is -0.860. The number of carbonyl (C=O) groups is 1. The number of benzene rings is 2. The lowest BCUT2D eigenvalue weighted by Crippen LogP contribution is -3.06. The fraction of sp³-hybridized carbons (Fsp3) is 0.286. The molecule has 0 unspecified atom stereocenters. The summed E-state index contributed by atoms with van der Waals surface area (Å²) in [5, 5.41) is 7.74. The molecule has 0 saturated carbocycles. The van der Waals surface area contributed by atoms with E-state index >= 15 is 0 Å². The average Bonchev–Trinajstić information content (AvgIpc) is 3.16. The van der Waals surface area contributed by atoms with Crippen LogP contribution in [-0.2, 0) is 11.2 Å². The van der Waals surface area contributed by atoms with E-state index in [2.05, 4.69) is 29.6 Å². The SMILES string of the molecule is C[NH+](C)C[C@H](NC(=O)CCc1nc(-c2ccc(Cl)cc2)no1)c1ccccc1. The molecule has 3 aromatic rings. The normalized spacial score (nSPS) is 12.1. The molecule has 0 spiro atoms. The van der Waals surface area contributed by atoms with Crippen molar-refractivity contribution < 1.29 is 14.2 Å². The third-order valence-electron chi connectivity index (χ3n) is 4.29. The van der Waals surface area contributed by atoms with Crippen LogP contribution < -0.4 is 10.2 Å². The molecular formula is C21H24ClN4O2+. The highest BCUT2D eigenvalue weighted by Gasteiger charge is 2.18. The van der Waals surface area contributed by atoms with Gasteiger partial charge in [-0.15, -0.1) is 0 Å². The number of aromatic nitrogens is 2. The van der Waals surface area contributed by atoms with Crippen LogP contribution >= 0.6 is 11.6 Å². The number of nitrogens with one attached hydrogen (secondary N) is 2. The Morgan fingerprint density at radius 1 is 1.14 bits per heavy atom. The van der Waals surface area contributed by atoms with Gasteiger partial charge < -0.3 is 14.7 Å². The van der Waals surface area contributed by atoms with Crippen LogP contribution in [-0.4, -0.2) is 36.7 Å². The third kappa shape index (κ3) is 5.65. The number of aryl methyl sites for hydroxylation is 1. The number of likely N-dealkylation sites (N-methyl/N-ethyl adjacent to an activating group) is 1. The van der Waals surface area contributed by atoms with E-state index < -0.39 is 0 Å². The van der Waals surface area contributed by atoms with Crippen molar-refractivity contribution >= 4 is 17.5 Å². The smallest absolute Gasteiger partial charge is 0.227 e. The fourth-order valence-corrected chi connectivity index (χ4v) is 3.03. The summed E-state index contributed by atoms with van der Waals surface area (Å²) < 4.78 is 5.28. The Morgan fingerprint density at radius 2 is 1.86 bits per heavy atom. The molecule has 0 saturated heterocycles. The molecular weight excluding hydrogens is 376 g/mol. The third-order valence-corrected chi connectivity index (χ3v) is 4.54. The molecule has 146 valence electrons. The number of amides is 1. The molecule has 0 aliphatic heterocycles. The molecule has 28 heavy (non-hydrogen) atoms. The molecule has 2 aromatic carbocycles. The van der Waals surface area contributed by atoms with Crippen molar-refractivity contribution in [2.45, 2.75) is 18.9 Å². The van der Waals surface area contributed by atoms with E-state index in [1.165, 1.54) is 4.90 Å². The predicted molar refractivity (Wildman–Crippen MR) is 108 cm³/mol. The van der Waals surface area contributed by atoms with E-state index in [1.807, 2.05) is 42.5 Å². The van der Waals surface area contributed by atoms with Crippen LogP contribution in [0.5, 0.6) is 0 Å². The average molecular weight is 400 g/mol. The van der Waals surface area contributed by atoms with E-state index in [-0.39, 0.29) is 18.4 Å². The molecule has 0 aliphatic carbocycles. The number of carbonyl (C=O) groups excluding carboxylic acids is 1. The van der Waals surface area contributed by atoms with E-state index in [0.717, 1.165) is 17.7 Å². The summed E-state index contributed by atoms with van der Waals surface area (Å²) in [5.74, 6) is 0.890. The maximum Gasteiger partial charge on any atom is 0.227 e. The molecule has 0 bridgehead atoms. The highest BCUT2D eigenvalue weighted by molar-refractivity contribution is 6.30. The number of nitrogens with zero attached hydrogens (tertiary/aromatic N) is 2. The minimum Gasteiger partial charge on any atom is -0.344 e. The summed E-state index contributed by atoms with van der Waals surface area (Å²) in [6, 6.07) is 17.2. The molecule has 1 amide bonds. The number of hydrogen-bond donors (Lipinski definition) is 2. The van der Waals surface area contributed by atoms with Crippen LogP contribution in [0, 0.1) is 0 Å². The summed E-state index contributed by atoms with van der Waals surface area (Å²) in [6.07, 6.45) is 0.678. The second-order valence-corrected chi connectivity index (χ2v) is 7.40. The summed E-state index contributed by atoms with van der Waals surface area (Å²) in [5.41, 5.74) is 1.92. The van der Waals surface area contributed by atoms with Crippen molar-refractivity contribution in [3.05, 3.63) is 71.1 Å². The first-order valence-electron chi connectivity index (χ1n) is 9.23. The Bertz CT molecular complexity index is 894. The monoisotopic (exact) mass is 399 g/mol. The van der Waals surface area contributed by atoms with Gasteiger partial charge in [0.05, 0.1) is 14.1 Å². The Balaban J connectivity index is 1.58. The van der Waals surface area contributed by atoms with E-state index in [4.69, 9.17) is 16.1 Å². The molecule has 6 nitrogen and oxygen atoms in total. The van der Waals surface area contributed by atoms with E-state index in [0.29, 0.717) is 23.2 Å². The molecule has 1 heterocycles. The van der Waals surface area contributed by atoms with Crippen LogP contribution in [0.2, 0.25) is 5.02 Å². The largest absolute Gasteiger partial charge is 0.344 e.